The van der Waals surface area contributed by atoms with Crippen molar-refractivity contribution in [3.05, 3.63) is 82.0 Å². The van der Waals surface area contributed by atoms with E-state index in [0.717, 1.165) is 12.1 Å². The molecular weight excluding hydrogens is 495 g/mol. The van der Waals surface area contributed by atoms with Crippen LogP contribution in [0.1, 0.15) is 12.0 Å². The lowest BCUT2D eigenvalue weighted by Gasteiger charge is -2.32. The number of pyridine rings is 1. The van der Waals surface area contributed by atoms with Gasteiger partial charge in [0.25, 0.3) is 10.9 Å². The van der Waals surface area contributed by atoms with Crippen LogP contribution < -0.4 is 5.32 Å². The molecule has 0 spiro atoms. The molecule has 1 aromatic carbocycles. The van der Waals surface area contributed by atoms with Gasteiger partial charge in [-0.05, 0) is 41.0 Å². The Bertz CT molecular complexity index is 1270. The Morgan fingerprint density at radius 2 is 1.91 bits per heavy atom. The van der Waals surface area contributed by atoms with E-state index in [4.69, 9.17) is 23.2 Å². The molecule has 1 aliphatic carbocycles. The molecule has 7 nitrogen and oxygen atoms in total. The number of nitrogens with zero attached hydrogens (tertiary/aromatic N) is 4. The van der Waals surface area contributed by atoms with E-state index >= 15 is 4.39 Å². The first-order chi connectivity index (χ1) is 15.7. The van der Waals surface area contributed by atoms with Gasteiger partial charge < -0.3 is 9.87 Å². The van der Waals surface area contributed by atoms with E-state index in [1.165, 1.54) is 53.9 Å². The first-order valence-corrected chi connectivity index (χ1v) is 11.7. The topological polar surface area (TPSA) is 95.8 Å². The van der Waals surface area contributed by atoms with Gasteiger partial charge in [0.1, 0.15) is 5.82 Å². The molecule has 4 rings (SSSR count). The van der Waals surface area contributed by atoms with E-state index in [9.17, 15) is 13.7 Å². The van der Waals surface area contributed by atoms with Gasteiger partial charge in [0.2, 0.25) is 0 Å². The summed E-state index contributed by atoms with van der Waals surface area (Å²) in [5.74, 6) is -0.948. The molecule has 2 aromatic heterocycles. The van der Waals surface area contributed by atoms with Crippen LogP contribution in [0.4, 0.5) is 14.5 Å². The molecule has 33 heavy (non-hydrogen) atoms. The van der Waals surface area contributed by atoms with Crippen molar-refractivity contribution in [1.29, 1.82) is 0 Å². The van der Waals surface area contributed by atoms with Gasteiger partial charge in [-0.15, -0.1) is 4.80 Å². The van der Waals surface area contributed by atoms with E-state index in [0.29, 0.717) is 5.56 Å². The van der Waals surface area contributed by atoms with Crippen LogP contribution in [0.3, 0.4) is 0 Å². The third kappa shape index (κ3) is 4.65. The number of nitrogens with one attached hydrogen (secondary N) is 1. The quantitative estimate of drug-likeness (QED) is 0.513. The molecule has 2 atom stereocenters. The number of rotatable bonds is 5. The zero-order chi connectivity index (χ0) is 23.8. The predicted molar refractivity (Wildman–Crippen MR) is 123 cm³/mol. The monoisotopic (exact) mass is 509 g/mol. The molecule has 0 aliphatic heterocycles. The summed E-state index contributed by atoms with van der Waals surface area (Å²) in [6.07, 6.45) is 6.14. The molecule has 0 fully saturated rings. The molecule has 1 amide bonds. The van der Waals surface area contributed by atoms with Crippen molar-refractivity contribution in [3.8, 4) is 5.82 Å². The minimum Gasteiger partial charge on any atom is -0.614 e. The van der Waals surface area contributed by atoms with E-state index < -0.39 is 34.3 Å². The molecule has 0 saturated carbocycles. The number of alkyl halides is 1. The van der Waals surface area contributed by atoms with E-state index in [1.807, 2.05) is 0 Å². The SMILES string of the molecule is C[S+]([O-])C1(F)CC(C(=O)Nc2cnc(-n3nccn3)c(Cl)c2)=C(Cl)C=C1c1ccc(F)cc1. The lowest BCUT2D eigenvalue weighted by atomic mass is 9.90. The van der Waals surface area contributed by atoms with Crippen molar-refractivity contribution in [1.82, 2.24) is 20.0 Å². The minimum atomic E-state index is -2.41. The summed E-state index contributed by atoms with van der Waals surface area (Å²) >= 11 is 10.5. The maximum absolute atomic E-state index is 16.0. The highest BCUT2D eigenvalue weighted by molar-refractivity contribution is 7.92. The highest BCUT2D eigenvalue weighted by Crippen LogP contribution is 2.46. The fourth-order valence-electron chi connectivity index (χ4n) is 3.28. The Morgan fingerprint density at radius 1 is 1.24 bits per heavy atom. The highest BCUT2D eigenvalue weighted by Gasteiger charge is 2.49. The van der Waals surface area contributed by atoms with Gasteiger partial charge in [0.15, 0.2) is 5.82 Å². The number of allylic oxidation sites excluding steroid dienone is 2. The fraction of sp³-hybridized carbons (Fsp3) is 0.143. The second-order valence-electron chi connectivity index (χ2n) is 7.05. The molecule has 2 heterocycles. The summed E-state index contributed by atoms with van der Waals surface area (Å²) in [6.45, 7) is 0. The Kier molecular flexibility index (Phi) is 6.53. The van der Waals surface area contributed by atoms with Crippen molar-refractivity contribution in [2.45, 2.75) is 11.4 Å². The second kappa shape index (κ2) is 9.22. The molecule has 170 valence electrons. The van der Waals surface area contributed by atoms with Gasteiger partial charge >= 0.3 is 0 Å². The first kappa shape index (κ1) is 23.4. The van der Waals surface area contributed by atoms with Gasteiger partial charge in [-0.2, -0.15) is 14.6 Å². The standard InChI is InChI=1S/C21H15Cl2F2N5O2S/c1-33(32)21(25)10-15(17(22)9-16(21)12-2-4-13(24)5-3-12)20(31)29-14-8-18(23)19(26-11-14)30-27-6-7-28-30/h2-9,11H,10H2,1H3,(H,29,31). The van der Waals surface area contributed by atoms with Crippen LogP contribution in [-0.2, 0) is 16.0 Å². The summed E-state index contributed by atoms with van der Waals surface area (Å²) in [7, 11) is 0. The number of anilines is 1. The second-order valence-corrected chi connectivity index (χ2v) is 9.42. The van der Waals surface area contributed by atoms with Crippen molar-refractivity contribution >= 4 is 51.5 Å². The van der Waals surface area contributed by atoms with Crippen molar-refractivity contribution in [2.75, 3.05) is 11.6 Å². The van der Waals surface area contributed by atoms with Crippen molar-refractivity contribution in [2.24, 2.45) is 0 Å². The fourth-order valence-corrected chi connectivity index (χ4v) is 4.62. The van der Waals surface area contributed by atoms with Gasteiger partial charge in [0, 0.05) is 11.1 Å². The Morgan fingerprint density at radius 3 is 2.52 bits per heavy atom. The zero-order valence-corrected chi connectivity index (χ0v) is 19.3. The molecule has 3 aromatic rings. The number of carbonyl (C=O) groups excluding carboxylic acids is 1. The lowest BCUT2D eigenvalue weighted by molar-refractivity contribution is -0.113. The normalized spacial score (nSPS) is 19.3. The third-order valence-electron chi connectivity index (χ3n) is 4.94. The number of aromatic nitrogens is 4. The Hall–Kier alpha value is -2.79. The van der Waals surface area contributed by atoms with Crippen LogP contribution in [0, 0.1) is 5.82 Å². The predicted octanol–water partition coefficient (Wildman–Crippen LogP) is 4.42. The molecular formula is C21H15Cl2F2N5O2S. The maximum Gasteiger partial charge on any atom is 0.292 e. The third-order valence-corrected chi connectivity index (χ3v) is 6.83. The summed E-state index contributed by atoms with van der Waals surface area (Å²) in [5, 5.41) is 8.18. The Balaban J connectivity index is 1.64. The molecule has 1 aliphatic rings. The molecule has 2 unspecified atom stereocenters. The molecule has 12 heteroatoms. The maximum atomic E-state index is 16.0. The zero-order valence-electron chi connectivity index (χ0n) is 16.9. The number of hydrogen-bond acceptors (Lipinski definition) is 5. The van der Waals surface area contributed by atoms with Crippen LogP contribution in [0.2, 0.25) is 5.02 Å². The van der Waals surface area contributed by atoms with Gasteiger partial charge in [-0.3, -0.25) is 4.79 Å². The van der Waals surface area contributed by atoms with Crippen LogP contribution in [0.15, 0.2) is 65.6 Å². The average molecular weight is 510 g/mol. The average Bonchev–Trinajstić information content (AvgIpc) is 3.30. The summed E-state index contributed by atoms with van der Waals surface area (Å²) in [5.41, 5.74) is 0.443. The number of amides is 1. The number of halogens is 4. The number of carbonyl (C=O) groups is 1. The van der Waals surface area contributed by atoms with E-state index in [-0.39, 0.29) is 32.7 Å². The summed E-state index contributed by atoms with van der Waals surface area (Å²) < 4.78 is 41.6. The highest BCUT2D eigenvalue weighted by atomic mass is 35.5. The summed E-state index contributed by atoms with van der Waals surface area (Å²) in [4.78, 5) is 18.2. The minimum absolute atomic E-state index is 0.00525. The Labute approximate surface area is 200 Å². The number of hydrogen-bond donors (Lipinski definition) is 1. The molecule has 0 radical (unpaired) electrons. The van der Waals surface area contributed by atoms with Crippen LogP contribution >= 0.6 is 23.2 Å². The summed E-state index contributed by atoms with van der Waals surface area (Å²) in [6, 6.07) is 6.48. The number of benzene rings is 1. The molecule has 0 bridgehead atoms. The smallest absolute Gasteiger partial charge is 0.292 e. The molecule has 1 N–H and O–H groups in total. The lowest BCUT2D eigenvalue weighted by Crippen LogP contribution is -2.38. The van der Waals surface area contributed by atoms with Crippen LogP contribution in [-0.4, -0.2) is 41.7 Å². The van der Waals surface area contributed by atoms with Crippen molar-refractivity contribution in [3.63, 3.8) is 0 Å². The van der Waals surface area contributed by atoms with E-state index in [1.54, 1.807) is 0 Å². The van der Waals surface area contributed by atoms with Crippen LogP contribution in [0.25, 0.3) is 11.4 Å². The van der Waals surface area contributed by atoms with Gasteiger partial charge in [-0.25, -0.2) is 9.37 Å². The van der Waals surface area contributed by atoms with Gasteiger partial charge in [0.05, 0.1) is 47.0 Å². The van der Waals surface area contributed by atoms with E-state index in [2.05, 4.69) is 20.5 Å². The van der Waals surface area contributed by atoms with Gasteiger partial charge in [-0.1, -0.05) is 35.3 Å². The molecule has 0 saturated heterocycles. The largest absolute Gasteiger partial charge is 0.614 e. The van der Waals surface area contributed by atoms with Crippen LogP contribution in [0.5, 0.6) is 0 Å². The van der Waals surface area contributed by atoms with Crippen molar-refractivity contribution < 1.29 is 18.1 Å². The first-order valence-electron chi connectivity index (χ1n) is 9.42.